The summed E-state index contributed by atoms with van der Waals surface area (Å²) in [5.41, 5.74) is 2.18. The lowest BCUT2D eigenvalue weighted by Crippen LogP contribution is -2.36. The Balaban J connectivity index is 1.33. The number of nitrogens with zero attached hydrogens (tertiary/aromatic N) is 1. The fourth-order valence-corrected chi connectivity index (χ4v) is 6.01. The molecule has 0 radical (unpaired) electrons. The molecule has 0 saturated carbocycles. The van der Waals surface area contributed by atoms with Crippen molar-refractivity contribution in [2.24, 2.45) is 0 Å². The maximum absolute atomic E-state index is 12.9. The van der Waals surface area contributed by atoms with Gasteiger partial charge in [0.05, 0.1) is 10.9 Å². The normalized spacial score (nSPS) is 16.9. The highest BCUT2D eigenvalue weighted by molar-refractivity contribution is 7.17. The van der Waals surface area contributed by atoms with Crippen LogP contribution in [-0.2, 0) is 6.61 Å². The van der Waals surface area contributed by atoms with Crippen LogP contribution in [0, 0.1) is 0 Å². The summed E-state index contributed by atoms with van der Waals surface area (Å²) in [5.74, 6) is 0.910. The van der Waals surface area contributed by atoms with E-state index in [4.69, 9.17) is 4.74 Å². The lowest BCUT2D eigenvalue weighted by Gasteiger charge is -2.26. The molecule has 2 aromatic heterocycles. The van der Waals surface area contributed by atoms with E-state index in [9.17, 15) is 4.79 Å². The minimum absolute atomic E-state index is 0.0117. The molecule has 1 fully saturated rings. The number of para-hydroxylation sites is 1. The summed E-state index contributed by atoms with van der Waals surface area (Å²) < 4.78 is 5.83. The van der Waals surface area contributed by atoms with Crippen molar-refractivity contribution < 1.29 is 9.53 Å². The van der Waals surface area contributed by atoms with Gasteiger partial charge in [0.2, 0.25) is 0 Å². The Labute approximate surface area is 172 Å². The molecular weight excluding hydrogens is 388 g/mol. The molecule has 0 bridgehead atoms. The van der Waals surface area contributed by atoms with Crippen LogP contribution in [0.25, 0.3) is 10.4 Å². The van der Waals surface area contributed by atoms with Gasteiger partial charge in [-0.2, -0.15) is 0 Å². The minimum atomic E-state index is 0.0117. The first kappa shape index (κ1) is 17.9. The van der Waals surface area contributed by atoms with Crippen LogP contribution in [0.3, 0.4) is 0 Å². The summed E-state index contributed by atoms with van der Waals surface area (Å²) in [6.07, 6.45) is 2.49. The molecule has 5 rings (SSSR count). The van der Waals surface area contributed by atoms with E-state index in [0.717, 1.165) is 39.7 Å². The van der Waals surface area contributed by atoms with Crippen molar-refractivity contribution in [1.82, 2.24) is 10.2 Å². The van der Waals surface area contributed by atoms with Gasteiger partial charge in [-0.1, -0.05) is 18.2 Å². The predicted octanol–water partition coefficient (Wildman–Crippen LogP) is 4.94. The van der Waals surface area contributed by atoms with E-state index >= 15 is 0 Å². The summed E-state index contributed by atoms with van der Waals surface area (Å²) in [6, 6.07) is 14.6. The number of hydrogen-bond donors (Lipinski definition) is 1. The van der Waals surface area contributed by atoms with Crippen molar-refractivity contribution in [3.05, 3.63) is 63.2 Å². The molecule has 3 aromatic rings. The average Bonchev–Trinajstić information content (AvgIpc) is 3.49. The number of hydrogen-bond acceptors (Lipinski definition) is 5. The second-order valence-corrected chi connectivity index (χ2v) is 9.27. The Hall–Kier alpha value is -2.15. The highest BCUT2D eigenvalue weighted by Crippen LogP contribution is 2.42. The monoisotopic (exact) mass is 410 g/mol. The van der Waals surface area contributed by atoms with E-state index in [1.54, 1.807) is 22.7 Å². The molecule has 1 aromatic carbocycles. The van der Waals surface area contributed by atoms with Crippen LogP contribution in [0.4, 0.5) is 0 Å². The predicted molar refractivity (Wildman–Crippen MR) is 114 cm³/mol. The zero-order valence-electron chi connectivity index (χ0n) is 15.5. The number of carbonyl (C=O) groups excluding carboxylic acids is 1. The molecule has 1 saturated heterocycles. The molecule has 1 atom stereocenters. The Morgan fingerprint density at radius 3 is 2.86 bits per heavy atom. The Kier molecular flexibility index (Phi) is 4.93. The van der Waals surface area contributed by atoms with Crippen LogP contribution in [0.1, 0.15) is 39.0 Å². The summed E-state index contributed by atoms with van der Waals surface area (Å²) in [4.78, 5) is 18.6. The van der Waals surface area contributed by atoms with Gasteiger partial charge >= 0.3 is 0 Å². The van der Waals surface area contributed by atoms with Crippen LogP contribution in [0.15, 0.2) is 47.8 Å². The third-order valence-corrected chi connectivity index (χ3v) is 7.64. The molecule has 0 spiro atoms. The average molecular weight is 411 g/mol. The van der Waals surface area contributed by atoms with Gasteiger partial charge in [0, 0.05) is 27.4 Å². The maximum Gasteiger partial charge on any atom is 0.261 e. The number of fused-ring (bicyclic) bond motifs is 3. The first-order chi connectivity index (χ1) is 13.8. The Bertz CT molecular complexity index is 974. The standard InChI is InChI=1S/C22H22N2O2S2/c25-22(23-13-17(19-8-5-11-27-19)24-9-3-4-10-24)20-12-15-14-26-18-7-2-1-6-16(18)21(15)28-20/h1-2,5-8,11-12,17H,3-4,9-10,13-14H2,(H,23,25). The van der Waals surface area contributed by atoms with Crippen molar-refractivity contribution in [1.29, 1.82) is 0 Å². The first-order valence-electron chi connectivity index (χ1n) is 9.70. The maximum atomic E-state index is 12.9. The van der Waals surface area contributed by atoms with Gasteiger partial charge in [-0.3, -0.25) is 9.69 Å². The summed E-state index contributed by atoms with van der Waals surface area (Å²) in [6.45, 7) is 3.40. The molecule has 1 unspecified atom stereocenters. The number of likely N-dealkylation sites (tertiary alicyclic amines) is 1. The van der Waals surface area contributed by atoms with E-state index in [2.05, 4.69) is 33.8 Å². The number of ether oxygens (including phenoxy) is 1. The van der Waals surface area contributed by atoms with Crippen LogP contribution in [0.2, 0.25) is 0 Å². The molecule has 2 aliphatic heterocycles. The Morgan fingerprint density at radius 2 is 2.04 bits per heavy atom. The van der Waals surface area contributed by atoms with Crippen LogP contribution in [0.5, 0.6) is 5.75 Å². The van der Waals surface area contributed by atoms with Gasteiger partial charge in [0.15, 0.2) is 0 Å². The zero-order chi connectivity index (χ0) is 18.9. The second kappa shape index (κ2) is 7.70. The smallest absolute Gasteiger partial charge is 0.261 e. The molecule has 144 valence electrons. The van der Waals surface area contributed by atoms with Crippen LogP contribution in [-0.4, -0.2) is 30.4 Å². The molecule has 28 heavy (non-hydrogen) atoms. The third kappa shape index (κ3) is 3.36. The number of thiophene rings is 2. The van der Waals surface area contributed by atoms with Crippen LogP contribution < -0.4 is 10.1 Å². The second-order valence-electron chi connectivity index (χ2n) is 7.23. The topological polar surface area (TPSA) is 41.6 Å². The van der Waals surface area contributed by atoms with Crippen molar-refractivity contribution in [2.75, 3.05) is 19.6 Å². The third-order valence-electron chi connectivity index (χ3n) is 5.46. The van der Waals surface area contributed by atoms with Gasteiger partial charge in [0.25, 0.3) is 5.91 Å². The number of amides is 1. The highest BCUT2D eigenvalue weighted by atomic mass is 32.1. The quantitative estimate of drug-likeness (QED) is 0.648. The van der Waals surface area contributed by atoms with E-state index in [-0.39, 0.29) is 11.9 Å². The van der Waals surface area contributed by atoms with Gasteiger partial charge < -0.3 is 10.1 Å². The van der Waals surface area contributed by atoms with Gasteiger partial charge in [0.1, 0.15) is 12.4 Å². The van der Waals surface area contributed by atoms with Gasteiger partial charge in [-0.25, -0.2) is 0 Å². The van der Waals surface area contributed by atoms with E-state index in [0.29, 0.717) is 13.2 Å². The minimum Gasteiger partial charge on any atom is -0.488 e. The van der Waals surface area contributed by atoms with Crippen molar-refractivity contribution >= 4 is 28.6 Å². The zero-order valence-corrected chi connectivity index (χ0v) is 17.2. The van der Waals surface area contributed by atoms with E-state index < -0.39 is 0 Å². The van der Waals surface area contributed by atoms with Crippen molar-refractivity contribution in [3.8, 4) is 16.2 Å². The van der Waals surface area contributed by atoms with Gasteiger partial charge in [-0.05, 0) is 55.6 Å². The highest BCUT2D eigenvalue weighted by Gasteiger charge is 2.26. The van der Waals surface area contributed by atoms with Gasteiger partial charge in [-0.15, -0.1) is 22.7 Å². The molecule has 6 heteroatoms. The number of benzene rings is 1. The fourth-order valence-electron chi connectivity index (χ4n) is 4.03. The first-order valence-corrected chi connectivity index (χ1v) is 11.4. The lowest BCUT2D eigenvalue weighted by atomic mass is 10.1. The molecular formula is C22H22N2O2S2. The summed E-state index contributed by atoms with van der Waals surface area (Å²) >= 11 is 3.34. The van der Waals surface area contributed by atoms with E-state index in [1.165, 1.54) is 17.7 Å². The molecule has 2 aliphatic rings. The molecule has 1 N–H and O–H groups in total. The Morgan fingerprint density at radius 1 is 1.18 bits per heavy atom. The number of rotatable bonds is 5. The largest absolute Gasteiger partial charge is 0.488 e. The molecule has 4 nitrogen and oxygen atoms in total. The molecule has 1 amide bonds. The van der Waals surface area contributed by atoms with Crippen molar-refractivity contribution in [2.45, 2.75) is 25.5 Å². The lowest BCUT2D eigenvalue weighted by molar-refractivity contribution is 0.0942. The number of carbonyl (C=O) groups is 1. The summed E-state index contributed by atoms with van der Waals surface area (Å²) in [7, 11) is 0. The number of nitrogens with one attached hydrogen (secondary N) is 1. The van der Waals surface area contributed by atoms with Crippen molar-refractivity contribution in [3.63, 3.8) is 0 Å². The molecule has 4 heterocycles. The van der Waals surface area contributed by atoms with Crippen LogP contribution >= 0.6 is 22.7 Å². The SMILES string of the molecule is O=C(NCC(c1cccs1)N1CCCC1)c1cc2c(s1)-c1ccccc1OC2. The molecule has 0 aliphatic carbocycles. The summed E-state index contributed by atoms with van der Waals surface area (Å²) in [5, 5.41) is 5.31. The van der Waals surface area contributed by atoms with E-state index in [1.807, 2.05) is 24.3 Å². The fraction of sp³-hybridized carbons (Fsp3) is 0.318.